The van der Waals surface area contributed by atoms with Crippen molar-refractivity contribution in [3.8, 4) is 0 Å². The van der Waals surface area contributed by atoms with Crippen LogP contribution in [0.15, 0.2) is 53.1 Å². The van der Waals surface area contributed by atoms with E-state index < -0.39 is 0 Å². The highest BCUT2D eigenvalue weighted by atomic mass is 79.9. The van der Waals surface area contributed by atoms with Crippen LogP contribution in [0.4, 0.5) is 27.5 Å². The summed E-state index contributed by atoms with van der Waals surface area (Å²) in [5, 5.41) is 13.8. The van der Waals surface area contributed by atoms with Gasteiger partial charge >= 0.3 is 0 Å². The Hall–Kier alpha value is -2.54. The molecule has 0 saturated carbocycles. The first-order valence-electron chi connectivity index (χ1n) is 6.86. The van der Waals surface area contributed by atoms with E-state index in [-0.39, 0.29) is 5.82 Å². The van der Waals surface area contributed by atoms with Gasteiger partial charge in [0.25, 0.3) is 0 Å². The second-order valence-electron chi connectivity index (χ2n) is 4.85. The van der Waals surface area contributed by atoms with Gasteiger partial charge < -0.3 is 10.6 Å². The van der Waals surface area contributed by atoms with Crippen LogP contribution in [0.5, 0.6) is 0 Å². The number of halogens is 2. The molecule has 7 heteroatoms. The zero-order chi connectivity index (χ0) is 16.2. The van der Waals surface area contributed by atoms with Crippen LogP contribution in [-0.2, 0) is 0 Å². The van der Waals surface area contributed by atoms with Crippen LogP contribution in [0.3, 0.4) is 0 Å². The van der Waals surface area contributed by atoms with E-state index in [1.165, 1.54) is 12.3 Å². The summed E-state index contributed by atoms with van der Waals surface area (Å²) in [6.45, 7) is 1.97. The quantitative estimate of drug-likeness (QED) is 0.701. The molecule has 1 heterocycles. The number of hydrogen-bond acceptors (Lipinski definition) is 5. The zero-order valence-corrected chi connectivity index (χ0v) is 13.8. The van der Waals surface area contributed by atoms with E-state index in [2.05, 4.69) is 41.7 Å². The molecular weight excluding hydrogens is 361 g/mol. The van der Waals surface area contributed by atoms with Crippen molar-refractivity contribution < 1.29 is 4.39 Å². The number of aryl methyl sites for hydroxylation is 1. The monoisotopic (exact) mass is 373 g/mol. The molecule has 0 fully saturated rings. The lowest BCUT2D eigenvalue weighted by Gasteiger charge is -2.10. The Morgan fingerprint density at radius 1 is 1.04 bits per heavy atom. The smallest absolute Gasteiger partial charge is 0.249 e. The number of anilines is 4. The standard InChI is InChI=1S/C16H13BrFN5/c1-10-8-11(17)6-7-13(10)21-16-22-15(9-19-23-16)20-14-5-3-2-4-12(14)18/h2-9H,1H3,(H2,20,21,22,23). The number of benzene rings is 2. The Bertz CT molecular complexity index is 840. The molecule has 3 rings (SSSR count). The van der Waals surface area contributed by atoms with Gasteiger partial charge in [-0.25, -0.2) is 4.39 Å². The number of hydrogen-bond donors (Lipinski definition) is 2. The molecular formula is C16H13BrFN5. The third-order valence-electron chi connectivity index (χ3n) is 3.13. The van der Waals surface area contributed by atoms with Crippen LogP contribution in [0.1, 0.15) is 5.56 Å². The van der Waals surface area contributed by atoms with Gasteiger partial charge in [0.15, 0.2) is 5.82 Å². The number of para-hydroxylation sites is 1. The molecule has 0 spiro atoms. The van der Waals surface area contributed by atoms with Crippen molar-refractivity contribution in [1.82, 2.24) is 15.2 Å². The second kappa shape index (κ2) is 6.70. The number of nitrogens with one attached hydrogen (secondary N) is 2. The molecule has 3 aromatic rings. The highest BCUT2D eigenvalue weighted by Crippen LogP contribution is 2.23. The van der Waals surface area contributed by atoms with Gasteiger partial charge in [0.2, 0.25) is 5.95 Å². The van der Waals surface area contributed by atoms with Gasteiger partial charge in [-0.15, -0.1) is 5.10 Å². The first-order valence-corrected chi connectivity index (χ1v) is 7.65. The molecule has 0 aliphatic carbocycles. The highest BCUT2D eigenvalue weighted by Gasteiger charge is 2.06. The van der Waals surface area contributed by atoms with Crippen LogP contribution in [-0.4, -0.2) is 15.2 Å². The maximum absolute atomic E-state index is 13.7. The summed E-state index contributed by atoms with van der Waals surface area (Å²) in [6.07, 6.45) is 1.44. The fraction of sp³-hybridized carbons (Fsp3) is 0.0625. The third-order valence-corrected chi connectivity index (χ3v) is 3.62. The average Bonchev–Trinajstić information content (AvgIpc) is 2.53. The van der Waals surface area contributed by atoms with Crippen molar-refractivity contribution in [2.24, 2.45) is 0 Å². The molecule has 2 aromatic carbocycles. The molecule has 0 atom stereocenters. The minimum atomic E-state index is -0.357. The van der Waals surface area contributed by atoms with E-state index in [1.54, 1.807) is 18.2 Å². The molecule has 0 saturated heterocycles. The Morgan fingerprint density at radius 3 is 2.65 bits per heavy atom. The van der Waals surface area contributed by atoms with E-state index in [9.17, 15) is 4.39 Å². The highest BCUT2D eigenvalue weighted by molar-refractivity contribution is 9.10. The first-order chi connectivity index (χ1) is 11.1. The molecule has 0 aliphatic heterocycles. The summed E-state index contributed by atoms with van der Waals surface area (Å²) >= 11 is 3.42. The van der Waals surface area contributed by atoms with Crippen molar-refractivity contribution in [1.29, 1.82) is 0 Å². The van der Waals surface area contributed by atoms with E-state index in [0.717, 1.165) is 15.7 Å². The van der Waals surface area contributed by atoms with Crippen molar-refractivity contribution in [3.63, 3.8) is 0 Å². The van der Waals surface area contributed by atoms with Gasteiger partial charge in [-0.2, -0.15) is 10.1 Å². The van der Waals surface area contributed by atoms with Gasteiger partial charge in [0.05, 0.1) is 11.9 Å². The van der Waals surface area contributed by atoms with Crippen LogP contribution in [0, 0.1) is 12.7 Å². The van der Waals surface area contributed by atoms with Crippen LogP contribution in [0.25, 0.3) is 0 Å². The predicted octanol–water partition coefficient (Wildman–Crippen LogP) is 4.57. The third kappa shape index (κ3) is 3.81. The number of nitrogens with zero attached hydrogens (tertiary/aromatic N) is 3. The fourth-order valence-electron chi connectivity index (χ4n) is 2.01. The average molecular weight is 374 g/mol. The lowest BCUT2D eigenvalue weighted by atomic mass is 10.2. The summed E-state index contributed by atoms with van der Waals surface area (Å²) in [7, 11) is 0. The maximum Gasteiger partial charge on any atom is 0.249 e. The molecule has 2 N–H and O–H groups in total. The molecule has 0 unspecified atom stereocenters. The van der Waals surface area contributed by atoms with Crippen molar-refractivity contribution in [3.05, 3.63) is 64.5 Å². The largest absolute Gasteiger partial charge is 0.336 e. The summed E-state index contributed by atoms with van der Waals surface area (Å²) in [5.74, 6) is 0.378. The Labute approximate surface area is 141 Å². The van der Waals surface area contributed by atoms with Crippen molar-refractivity contribution in [2.75, 3.05) is 10.6 Å². The fourth-order valence-corrected chi connectivity index (χ4v) is 2.48. The first kappa shape index (κ1) is 15.4. The minimum Gasteiger partial charge on any atom is -0.336 e. The number of aromatic nitrogens is 3. The molecule has 1 aromatic heterocycles. The topological polar surface area (TPSA) is 62.7 Å². The van der Waals surface area contributed by atoms with Gasteiger partial charge in [-0.05, 0) is 42.8 Å². The van der Waals surface area contributed by atoms with Crippen LogP contribution >= 0.6 is 15.9 Å². The molecule has 0 radical (unpaired) electrons. The molecule has 23 heavy (non-hydrogen) atoms. The maximum atomic E-state index is 13.7. The normalized spacial score (nSPS) is 10.4. The molecule has 0 bridgehead atoms. The Kier molecular flexibility index (Phi) is 4.47. The molecule has 116 valence electrons. The lowest BCUT2D eigenvalue weighted by molar-refractivity contribution is 0.632. The van der Waals surface area contributed by atoms with Crippen molar-refractivity contribution >= 4 is 39.1 Å². The van der Waals surface area contributed by atoms with Crippen molar-refractivity contribution in [2.45, 2.75) is 6.92 Å². The zero-order valence-electron chi connectivity index (χ0n) is 12.2. The Balaban J connectivity index is 1.81. The summed E-state index contributed by atoms with van der Waals surface area (Å²) in [4.78, 5) is 4.29. The lowest BCUT2D eigenvalue weighted by Crippen LogP contribution is -2.03. The van der Waals surface area contributed by atoms with Gasteiger partial charge in [-0.3, -0.25) is 0 Å². The van der Waals surface area contributed by atoms with Gasteiger partial charge in [0, 0.05) is 10.2 Å². The van der Waals surface area contributed by atoms with Crippen LogP contribution in [0.2, 0.25) is 0 Å². The van der Waals surface area contributed by atoms with Gasteiger partial charge in [-0.1, -0.05) is 28.1 Å². The van der Waals surface area contributed by atoms with Crippen LogP contribution < -0.4 is 10.6 Å². The summed E-state index contributed by atoms with van der Waals surface area (Å²) in [6, 6.07) is 12.2. The summed E-state index contributed by atoms with van der Waals surface area (Å²) < 4.78 is 14.7. The number of rotatable bonds is 4. The van der Waals surface area contributed by atoms with E-state index in [4.69, 9.17) is 0 Å². The minimum absolute atomic E-state index is 0.330. The Morgan fingerprint density at radius 2 is 1.87 bits per heavy atom. The molecule has 0 amide bonds. The second-order valence-corrected chi connectivity index (χ2v) is 5.77. The SMILES string of the molecule is Cc1cc(Br)ccc1Nc1nncc(Nc2ccccc2F)n1. The van der Waals surface area contributed by atoms with E-state index in [0.29, 0.717) is 17.5 Å². The summed E-state index contributed by atoms with van der Waals surface area (Å²) in [5.41, 5.74) is 2.24. The predicted molar refractivity (Wildman–Crippen MR) is 91.7 cm³/mol. The van der Waals surface area contributed by atoms with E-state index >= 15 is 0 Å². The van der Waals surface area contributed by atoms with Gasteiger partial charge in [0.1, 0.15) is 5.82 Å². The molecule has 5 nitrogen and oxygen atoms in total. The van der Waals surface area contributed by atoms with E-state index in [1.807, 2.05) is 25.1 Å². The molecule has 0 aliphatic rings.